The molecule has 8 nitrogen and oxygen atoms in total. The molecule has 3 aliphatic heterocycles. The largest absolute Gasteiger partial charge is 0.454 e. The molecule has 0 spiro atoms. The van der Waals surface area contributed by atoms with Gasteiger partial charge < -0.3 is 33.9 Å². The summed E-state index contributed by atoms with van der Waals surface area (Å²) in [4.78, 5) is 22.4. The Morgan fingerprint density at radius 1 is 0.914 bits per heavy atom. The van der Waals surface area contributed by atoms with Gasteiger partial charge in [0.15, 0.2) is 16.9 Å². The van der Waals surface area contributed by atoms with Crippen LogP contribution in [0, 0.1) is 6.92 Å². The van der Waals surface area contributed by atoms with E-state index >= 15 is 0 Å². The predicted molar refractivity (Wildman–Crippen MR) is 134 cm³/mol. The summed E-state index contributed by atoms with van der Waals surface area (Å²) >= 11 is 0. The highest BCUT2D eigenvalue weighted by molar-refractivity contribution is 5.83. The Bertz CT molecular complexity index is 1280. The second kappa shape index (κ2) is 9.53. The van der Waals surface area contributed by atoms with Crippen molar-refractivity contribution in [2.75, 3.05) is 64.2 Å². The van der Waals surface area contributed by atoms with Gasteiger partial charge in [0.25, 0.3) is 0 Å². The maximum atomic E-state index is 13.6. The number of rotatable bonds is 5. The number of nitrogens with zero attached hydrogens (tertiary/aromatic N) is 1. The van der Waals surface area contributed by atoms with E-state index in [0.29, 0.717) is 6.79 Å². The van der Waals surface area contributed by atoms with Crippen molar-refractivity contribution < 1.29 is 24.0 Å². The number of piperazine rings is 1. The van der Waals surface area contributed by atoms with Crippen LogP contribution >= 0.6 is 0 Å². The van der Waals surface area contributed by atoms with E-state index in [9.17, 15) is 4.79 Å². The molecule has 0 atom stereocenters. The number of fused-ring (bicyclic) bond motifs is 2. The molecule has 0 saturated carbocycles. The smallest absolute Gasteiger partial charge is 0.231 e. The van der Waals surface area contributed by atoms with Crippen LogP contribution in [-0.2, 0) is 17.8 Å². The van der Waals surface area contributed by atoms with E-state index in [1.807, 2.05) is 19.1 Å². The van der Waals surface area contributed by atoms with E-state index in [0.717, 1.165) is 105 Å². The molecule has 2 saturated heterocycles. The van der Waals surface area contributed by atoms with Gasteiger partial charge in [-0.3, -0.25) is 4.79 Å². The number of benzene rings is 2. The third kappa shape index (κ3) is 4.61. The van der Waals surface area contributed by atoms with Crippen molar-refractivity contribution in [3.8, 4) is 11.5 Å². The van der Waals surface area contributed by atoms with Crippen LogP contribution in [0.3, 0.4) is 0 Å². The lowest BCUT2D eigenvalue weighted by atomic mass is 10.1. The van der Waals surface area contributed by atoms with Crippen molar-refractivity contribution in [3.63, 3.8) is 0 Å². The quantitative estimate of drug-likeness (QED) is 0.477. The minimum absolute atomic E-state index is 0.175. The summed E-state index contributed by atoms with van der Waals surface area (Å²) in [6.07, 6.45) is 0. The van der Waals surface area contributed by atoms with Crippen LogP contribution in [0.25, 0.3) is 10.9 Å². The summed E-state index contributed by atoms with van der Waals surface area (Å²) in [5.74, 6) is 1.69. The zero-order valence-electron chi connectivity index (χ0n) is 20.3. The molecule has 2 fully saturated rings. The van der Waals surface area contributed by atoms with Crippen molar-refractivity contribution in [2.24, 2.45) is 0 Å². The molecule has 0 amide bonds. The highest BCUT2D eigenvalue weighted by atomic mass is 16.7. The number of anilines is 1. The van der Waals surface area contributed by atoms with Gasteiger partial charge in [-0.25, -0.2) is 0 Å². The molecule has 35 heavy (non-hydrogen) atoms. The third-order valence-electron chi connectivity index (χ3n) is 7.66. The molecular weight excluding hydrogens is 444 g/mol. The van der Waals surface area contributed by atoms with Crippen molar-refractivity contribution in [1.29, 1.82) is 0 Å². The number of pyridine rings is 1. The minimum atomic E-state index is 0.175. The number of morpholine rings is 1. The van der Waals surface area contributed by atoms with Crippen LogP contribution in [-0.4, -0.2) is 64.3 Å². The first-order chi connectivity index (χ1) is 17.1. The molecule has 3 aromatic rings. The maximum Gasteiger partial charge on any atom is 0.231 e. The van der Waals surface area contributed by atoms with Crippen LogP contribution in [0.5, 0.6) is 11.5 Å². The SMILES string of the molecule is Cc1[nH]c2ccc(N3CCOCC3)cc2c(=O)c1C[NH+]1CC[NH+](Cc2ccc3c(c2)OCO3)CC1. The second-order valence-electron chi connectivity index (χ2n) is 9.93. The average Bonchev–Trinajstić information content (AvgIpc) is 3.36. The first-order valence-electron chi connectivity index (χ1n) is 12.7. The number of nitrogens with one attached hydrogen (secondary N) is 3. The van der Waals surface area contributed by atoms with E-state index in [1.165, 1.54) is 10.5 Å². The van der Waals surface area contributed by atoms with E-state index in [4.69, 9.17) is 14.2 Å². The summed E-state index contributed by atoms with van der Waals surface area (Å²) in [6, 6.07) is 12.5. The monoisotopic (exact) mass is 478 g/mol. The van der Waals surface area contributed by atoms with Gasteiger partial charge in [0.05, 0.1) is 18.8 Å². The molecule has 3 aliphatic rings. The summed E-state index contributed by atoms with van der Waals surface area (Å²) in [6.45, 7) is 11.6. The van der Waals surface area contributed by atoms with Gasteiger partial charge >= 0.3 is 0 Å². The van der Waals surface area contributed by atoms with Gasteiger partial charge in [0, 0.05) is 40.9 Å². The highest BCUT2D eigenvalue weighted by Crippen LogP contribution is 2.32. The summed E-state index contributed by atoms with van der Waals surface area (Å²) in [7, 11) is 0. The predicted octanol–water partition coefficient (Wildman–Crippen LogP) is -0.115. The number of hydrogen-bond donors (Lipinski definition) is 3. The van der Waals surface area contributed by atoms with Gasteiger partial charge in [0.1, 0.15) is 39.3 Å². The molecule has 0 unspecified atom stereocenters. The van der Waals surface area contributed by atoms with Crippen LogP contribution in [0.2, 0.25) is 0 Å². The standard InChI is InChI=1S/C27H32N4O4/c1-19-23(27(32)22-15-21(3-4-24(22)28-19)31-10-12-33-13-11-31)17-30-8-6-29(7-9-30)16-20-2-5-25-26(14-20)35-18-34-25/h2-5,14-15H,6-13,16-18H2,1H3,(H,28,32)/p+2. The molecule has 8 heteroatoms. The lowest BCUT2D eigenvalue weighted by Gasteiger charge is -2.30. The average molecular weight is 479 g/mol. The van der Waals surface area contributed by atoms with Crippen LogP contribution < -0.4 is 29.6 Å². The molecule has 6 rings (SSSR count). The van der Waals surface area contributed by atoms with E-state index in [-0.39, 0.29) is 5.43 Å². The van der Waals surface area contributed by atoms with Crippen molar-refractivity contribution in [2.45, 2.75) is 20.0 Å². The fourth-order valence-electron chi connectivity index (χ4n) is 5.57. The Hall–Kier alpha value is -3.07. The zero-order chi connectivity index (χ0) is 23.8. The second-order valence-corrected chi connectivity index (χ2v) is 9.93. The number of aromatic nitrogens is 1. The zero-order valence-corrected chi connectivity index (χ0v) is 20.3. The Morgan fingerprint density at radius 2 is 1.66 bits per heavy atom. The lowest BCUT2D eigenvalue weighted by Crippen LogP contribution is -3.27. The van der Waals surface area contributed by atoms with Gasteiger partial charge in [0.2, 0.25) is 6.79 Å². The van der Waals surface area contributed by atoms with Gasteiger partial charge in [-0.2, -0.15) is 0 Å². The van der Waals surface area contributed by atoms with Crippen molar-refractivity contribution in [1.82, 2.24) is 4.98 Å². The summed E-state index contributed by atoms with van der Waals surface area (Å²) in [5, 5.41) is 0.793. The number of quaternary nitrogens is 2. The van der Waals surface area contributed by atoms with Gasteiger partial charge in [-0.15, -0.1) is 0 Å². The molecule has 0 bridgehead atoms. The van der Waals surface area contributed by atoms with Crippen LogP contribution in [0.4, 0.5) is 5.69 Å². The Labute approximate surface area is 205 Å². The normalized spacial score (nSPS) is 22.0. The third-order valence-corrected chi connectivity index (χ3v) is 7.66. The summed E-state index contributed by atoms with van der Waals surface area (Å²) < 4.78 is 16.4. The van der Waals surface area contributed by atoms with Gasteiger partial charge in [-0.1, -0.05) is 0 Å². The van der Waals surface area contributed by atoms with Crippen LogP contribution in [0.15, 0.2) is 41.2 Å². The van der Waals surface area contributed by atoms with E-state index in [1.54, 1.807) is 4.90 Å². The number of aromatic amines is 1. The topological polar surface area (TPSA) is 72.7 Å². The van der Waals surface area contributed by atoms with E-state index in [2.05, 4.69) is 34.1 Å². The lowest BCUT2D eigenvalue weighted by molar-refractivity contribution is -1.02. The molecule has 4 heterocycles. The molecule has 0 radical (unpaired) electrons. The molecule has 2 aromatic carbocycles. The minimum Gasteiger partial charge on any atom is -0.454 e. The number of H-pyrrole nitrogens is 1. The fraction of sp³-hybridized carbons (Fsp3) is 0.444. The maximum absolute atomic E-state index is 13.6. The molecule has 3 N–H and O–H groups in total. The number of hydrogen-bond acceptors (Lipinski definition) is 5. The first kappa shape index (κ1) is 22.4. The first-order valence-corrected chi connectivity index (χ1v) is 12.7. The van der Waals surface area contributed by atoms with Gasteiger partial charge in [-0.05, 0) is 43.3 Å². The van der Waals surface area contributed by atoms with Crippen LogP contribution in [0.1, 0.15) is 16.8 Å². The Morgan fingerprint density at radius 3 is 2.46 bits per heavy atom. The molecule has 1 aromatic heterocycles. The molecule has 0 aliphatic carbocycles. The highest BCUT2D eigenvalue weighted by Gasteiger charge is 2.26. The molecule has 184 valence electrons. The Kier molecular flexibility index (Phi) is 6.10. The van der Waals surface area contributed by atoms with E-state index < -0.39 is 0 Å². The number of ether oxygens (including phenoxy) is 3. The molecular formula is C27H34N4O4+2. The van der Waals surface area contributed by atoms with Crippen molar-refractivity contribution >= 4 is 16.6 Å². The Balaban J connectivity index is 1.13. The van der Waals surface area contributed by atoms with Crippen molar-refractivity contribution in [3.05, 3.63) is 63.4 Å². The fourth-order valence-corrected chi connectivity index (χ4v) is 5.57. The summed E-state index contributed by atoms with van der Waals surface area (Å²) in [5.41, 5.74) is 5.39. The number of aryl methyl sites for hydroxylation is 1.